The summed E-state index contributed by atoms with van der Waals surface area (Å²) in [5.74, 6) is 0.109. The van der Waals surface area contributed by atoms with Gasteiger partial charge >= 0.3 is 5.97 Å². The Bertz CT molecular complexity index is 575. The maximum Gasteiger partial charge on any atom is 0.335 e. The molecule has 0 spiro atoms. The van der Waals surface area contributed by atoms with E-state index in [1.807, 2.05) is 18.3 Å². The van der Waals surface area contributed by atoms with Gasteiger partial charge in [-0.05, 0) is 31.5 Å². The van der Waals surface area contributed by atoms with Crippen molar-refractivity contribution < 1.29 is 9.90 Å². The van der Waals surface area contributed by atoms with Gasteiger partial charge in [0.15, 0.2) is 0 Å². The minimum Gasteiger partial charge on any atom is -0.478 e. The lowest BCUT2D eigenvalue weighted by Crippen LogP contribution is -2.21. The van der Waals surface area contributed by atoms with Crippen LogP contribution in [-0.4, -0.2) is 20.6 Å². The van der Waals surface area contributed by atoms with Crippen molar-refractivity contribution in [3.63, 3.8) is 0 Å². The third kappa shape index (κ3) is 3.24. The molecule has 0 saturated heterocycles. The van der Waals surface area contributed by atoms with Crippen LogP contribution in [0.25, 0.3) is 0 Å². The number of carbonyl (C=O) groups is 1. The second kappa shape index (κ2) is 6.34. The Morgan fingerprint density at radius 2 is 2.10 bits per heavy atom. The quantitative estimate of drug-likeness (QED) is 0.848. The summed E-state index contributed by atoms with van der Waals surface area (Å²) in [4.78, 5) is 15.1. The third-order valence-electron chi connectivity index (χ3n) is 3.29. The average Bonchev–Trinajstić information content (AvgIpc) is 2.93. The number of carboxylic acid groups (broad SMARTS) is 1. The Hall–Kier alpha value is -2.14. The van der Waals surface area contributed by atoms with Gasteiger partial charge in [-0.15, -0.1) is 0 Å². The highest BCUT2D eigenvalue weighted by Crippen LogP contribution is 2.11. The SMILES string of the molecule is CCn1ccnc1C(C)NCc1ccc(C(=O)O)cc1. The fourth-order valence-corrected chi connectivity index (χ4v) is 2.10. The summed E-state index contributed by atoms with van der Waals surface area (Å²) in [6.45, 7) is 5.73. The molecule has 1 unspecified atom stereocenters. The Labute approximate surface area is 118 Å². The van der Waals surface area contributed by atoms with Crippen molar-refractivity contribution >= 4 is 5.97 Å². The van der Waals surface area contributed by atoms with Crippen LogP contribution < -0.4 is 5.32 Å². The maximum absolute atomic E-state index is 10.8. The van der Waals surface area contributed by atoms with E-state index in [9.17, 15) is 4.79 Å². The molecular weight excluding hydrogens is 254 g/mol. The van der Waals surface area contributed by atoms with Gasteiger partial charge in [0.2, 0.25) is 0 Å². The first-order valence-electron chi connectivity index (χ1n) is 6.68. The monoisotopic (exact) mass is 273 g/mol. The van der Waals surface area contributed by atoms with Crippen LogP contribution in [0.15, 0.2) is 36.7 Å². The van der Waals surface area contributed by atoms with Crippen molar-refractivity contribution in [2.75, 3.05) is 0 Å². The molecule has 1 aromatic heterocycles. The molecule has 1 aromatic carbocycles. The van der Waals surface area contributed by atoms with Crippen LogP contribution in [0.5, 0.6) is 0 Å². The Morgan fingerprint density at radius 1 is 1.40 bits per heavy atom. The molecule has 2 aromatic rings. The summed E-state index contributed by atoms with van der Waals surface area (Å²) in [6.07, 6.45) is 3.77. The van der Waals surface area contributed by atoms with E-state index >= 15 is 0 Å². The summed E-state index contributed by atoms with van der Waals surface area (Å²) >= 11 is 0. The number of aryl methyl sites for hydroxylation is 1. The number of imidazole rings is 1. The van der Waals surface area contributed by atoms with E-state index < -0.39 is 5.97 Å². The van der Waals surface area contributed by atoms with E-state index in [1.54, 1.807) is 18.3 Å². The lowest BCUT2D eigenvalue weighted by Gasteiger charge is -2.15. The number of carboxylic acids is 1. The molecule has 1 heterocycles. The summed E-state index contributed by atoms with van der Waals surface area (Å²) in [7, 11) is 0. The second-order valence-electron chi connectivity index (χ2n) is 4.68. The van der Waals surface area contributed by atoms with Crippen molar-refractivity contribution in [3.05, 3.63) is 53.6 Å². The number of hydrogen-bond acceptors (Lipinski definition) is 3. The molecule has 2 rings (SSSR count). The molecule has 1 atom stereocenters. The van der Waals surface area contributed by atoms with Crippen LogP contribution in [0.4, 0.5) is 0 Å². The zero-order valence-electron chi connectivity index (χ0n) is 11.7. The summed E-state index contributed by atoms with van der Waals surface area (Å²) in [5.41, 5.74) is 1.36. The molecule has 0 aliphatic carbocycles. The Balaban J connectivity index is 1.96. The van der Waals surface area contributed by atoms with E-state index in [4.69, 9.17) is 5.11 Å². The molecule has 5 nitrogen and oxygen atoms in total. The number of nitrogens with zero attached hydrogens (tertiary/aromatic N) is 2. The fraction of sp³-hybridized carbons (Fsp3) is 0.333. The molecule has 5 heteroatoms. The standard InChI is InChI=1S/C15H19N3O2/c1-3-18-9-8-16-14(18)11(2)17-10-12-4-6-13(7-5-12)15(19)20/h4-9,11,17H,3,10H2,1-2H3,(H,19,20). The zero-order valence-corrected chi connectivity index (χ0v) is 11.7. The molecule has 20 heavy (non-hydrogen) atoms. The highest BCUT2D eigenvalue weighted by Gasteiger charge is 2.10. The molecule has 0 aliphatic heterocycles. The van der Waals surface area contributed by atoms with Gasteiger partial charge in [-0.2, -0.15) is 0 Å². The van der Waals surface area contributed by atoms with Crippen LogP contribution >= 0.6 is 0 Å². The lowest BCUT2D eigenvalue weighted by molar-refractivity contribution is 0.0697. The minimum absolute atomic E-state index is 0.143. The normalized spacial score (nSPS) is 12.3. The molecule has 0 amide bonds. The number of aromatic carboxylic acids is 1. The van der Waals surface area contributed by atoms with E-state index in [1.165, 1.54) is 0 Å². The summed E-state index contributed by atoms with van der Waals surface area (Å²) < 4.78 is 2.10. The predicted molar refractivity (Wildman–Crippen MR) is 76.6 cm³/mol. The zero-order chi connectivity index (χ0) is 14.5. The molecule has 0 aliphatic rings. The van der Waals surface area contributed by atoms with Gasteiger partial charge < -0.3 is 15.0 Å². The molecule has 106 valence electrons. The van der Waals surface area contributed by atoms with Gasteiger partial charge in [0.25, 0.3) is 0 Å². The highest BCUT2D eigenvalue weighted by atomic mass is 16.4. The largest absolute Gasteiger partial charge is 0.478 e. The van der Waals surface area contributed by atoms with E-state index in [0.717, 1.165) is 17.9 Å². The molecule has 0 radical (unpaired) electrons. The van der Waals surface area contributed by atoms with Gasteiger partial charge in [-0.3, -0.25) is 0 Å². The first-order chi connectivity index (χ1) is 9.61. The number of benzene rings is 1. The summed E-state index contributed by atoms with van der Waals surface area (Å²) in [5, 5.41) is 12.2. The topological polar surface area (TPSA) is 67.2 Å². The molecule has 2 N–H and O–H groups in total. The second-order valence-corrected chi connectivity index (χ2v) is 4.68. The first-order valence-corrected chi connectivity index (χ1v) is 6.68. The van der Waals surface area contributed by atoms with Crippen molar-refractivity contribution in [2.45, 2.75) is 33.0 Å². The van der Waals surface area contributed by atoms with Crippen molar-refractivity contribution in [1.29, 1.82) is 0 Å². The third-order valence-corrected chi connectivity index (χ3v) is 3.29. The lowest BCUT2D eigenvalue weighted by atomic mass is 10.1. The Morgan fingerprint density at radius 3 is 2.70 bits per heavy atom. The van der Waals surface area contributed by atoms with Crippen LogP contribution in [0.3, 0.4) is 0 Å². The fourth-order valence-electron chi connectivity index (χ4n) is 2.10. The number of nitrogens with one attached hydrogen (secondary N) is 1. The number of rotatable bonds is 6. The van der Waals surface area contributed by atoms with Gasteiger partial charge in [0.05, 0.1) is 11.6 Å². The van der Waals surface area contributed by atoms with Crippen LogP contribution in [0, 0.1) is 0 Å². The van der Waals surface area contributed by atoms with Crippen LogP contribution in [0.1, 0.15) is 41.6 Å². The van der Waals surface area contributed by atoms with Crippen molar-refractivity contribution in [1.82, 2.24) is 14.9 Å². The van der Waals surface area contributed by atoms with Crippen molar-refractivity contribution in [2.24, 2.45) is 0 Å². The predicted octanol–water partition coefficient (Wildman–Crippen LogP) is 2.45. The Kier molecular flexibility index (Phi) is 4.53. The van der Waals surface area contributed by atoms with Gasteiger partial charge in [0, 0.05) is 25.5 Å². The van der Waals surface area contributed by atoms with Gasteiger partial charge in [-0.1, -0.05) is 12.1 Å². The highest BCUT2D eigenvalue weighted by molar-refractivity contribution is 5.87. The van der Waals surface area contributed by atoms with E-state index in [-0.39, 0.29) is 6.04 Å². The summed E-state index contributed by atoms with van der Waals surface area (Å²) in [6, 6.07) is 7.04. The minimum atomic E-state index is -0.900. The number of aromatic nitrogens is 2. The molecule has 0 saturated carbocycles. The molecule has 0 bridgehead atoms. The van der Waals surface area contributed by atoms with Crippen molar-refractivity contribution in [3.8, 4) is 0 Å². The molecule has 0 fully saturated rings. The smallest absolute Gasteiger partial charge is 0.335 e. The first kappa shape index (κ1) is 14.3. The van der Waals surface area contributed by atoms with E-state index in [2.05, 4.69) is 28.7 Å². The maximum atomic E-state index is 10.8. The molecular formula is C15H19N3O2. The number of hydrogen-bond donors (Lipinski definition) is 2. The van der Waals surface area contributed by atoms with Gasteiger partial charge in [-0.25, -0.2) is 9.78 Å². The van der Waals surface area contributed by atoms with Crippen LogP contribution in [-0.2, 0) is 13.1 Å². The van der Waals surface area contributed by atoms with Crippen LogP contribution in [0.2, 0.25) is 0 Å². The average molecular weight is 273 g/mol. The van der Waals surface area contributed by atoms with E-state index in [0.29, 0.717) is 12.1 Å². The van der Waals surface area contributed by atoms with Gasteiger partial charge in [0.1, 0.15) is 5.82 Å².